The van der Waals surface area contributed by atoms with Crippen molar-refractivity contribution in [2.45, 2.75) is 77.2 Å². The Hall–Kier alpha value is -0.860. The monoisotopic (exact) mass is 279 g/mol. The quantitative estimate of drug-likeness (QED) is 0.723. The van der Waals surface area contributed by atoms with E-state index < -0.39 is 0 Å². The van der Waals surface area contributed by atoms with Gasteiger partial charge in [0.2, 0.25) is 0 Å². The van der Waals surface area contributed by atoms with Crippen molar-refractivity contribution in [1.82, 2.24) is 0 Å². The molecule has 1 aromatic carbocycles. The van der Waals surface area contributed by atoms with Crippen LogP contribution in [0.15, 0.2) is 30.3 Å². The van der Waals surface area contributed by atoms with Crippen LogP contribution in [0.4, 0.5) is 0 Å². The van der Waals surface area contributed by atoms with E-state index in [1.165, 1.54) is 44.1 Å². The van der Waals surface area contributed by atoms with Crippen molar-refractivity contribution >= 4 is 0 Å². The average molecular weight is 279 g/mol. The number of unbranched alkanes of at least 4 members (excludes halogenated alkanes) is 1. The third kappa shape index (κ3) is 4.60. The van der Waals surface area contributed by atoms with Crippen LogP contribution in [0, 0.1) is 0 Å². The van der Waals surface area contributed by atoms with Gasteiger partial charge in [0.15, 0.2) is 0 Å². The van der Waals surface area contributed by atoms with E-state index in [-0.39, 0.29) is 16.9 Å². The normalized spacial score (nSPS) is 12.8. The molecule has 0 aliphatic rings. The topological polar surface area (TPSA) is 57.5 Å². The highest BCUT2D eigenvalue weighted by atomic mass is 16.0. The lowest BCUT2D eigenvalue weighted by atomic mass is 9.67. The SMILES string of the molecule is CCCCC(N)C(CCC)(CCC)c1ccccc1.O. The van der Waals surface area contributed by atoms with Crippen molar-refractivity contribution in [2.75, 3.05) is 0 Å². The van der Waals surface area contributed by atoms with Crippen molar-refractivity contribution in [1.29, 1.82) is 0 Å². The van der Waals surface area contributed by atoms with Gasteiger partial charge in [0.05, 0.1) is 0 Å². The van der Waals surface area contributed by atoms with E-state index in [9.17, 15) is 0 Å². The van der Waals surface area contributed by atoms with Gasteiger partial charge in [0.1, 0.15) is 0 Å². The van der Waals surface area contributed by atoms with Crippen LogP contribution in [0.3, 0.4) is 0 Å². The van der Waals surface area contributed by atoms with E-state index in [4.69, 9.17) is 5.73 Å². The number of hydrogen-bond acceptors (Lipinski definition) is 1. The van der Waals surface area contributed by atoms with Crippen molar-refractivity contribution in [3.8, 4) is 0 Å². The summed E-state index contributed by atoms with van der Waals surface area (Å²) in [6.07, 6.45) is 8.43. The lowest BCUT2D eigenvalue weighted by Gasteiger charge is -2.40. The van der Waals surface area contributed by atoms with Gasteiger partial charge in [-0.25, -0.2) is 0 Å². The molecule has 0 aliphatic heterocycles. The lowest BCUT2D eigenvalue weighted by Crippen LogP contribution is -2.45. The molecule has 2 nitrogen and oxygen atoms in total. The fourth-order valence-electron chi connectivity index (χ4n) is 3.36. The van der Waals surface area contributed by atoms with Gasteiger partial charge >= 0.3 is 0 Å². The second-order valence-electron chi connectivity index (χ2n) is 5.77. The Morgan fingerprint density at radius 1 is 0.950 bits per heavy atom. The fraction of sp³-hybridized carbons (Fsp3) is 0.667. The van der Waals surface area contributed by atoms with E-state index in [2.05, 4.69) is 51.1 Å². The highest BCUT2D eigenvalue weighted by Crippen LogP contribution is 2.38. The van der Waals surface area contributed by atoms with Crippen molar-refractivity contribution < 1.29 is 5.48 Å². The van der Waals surface area contributed by atoms with E-state index >= 15 is 0 Å². The van der Waals surface area contributed by atoms with Gasteiger partial charge < -0.3 is 11.2 Å². The minimum atomic E-state index is 0. The van der Waals surface area contributed by atoms with Crippen LogP contribution in [0.25, 0.3) is 0 Å². The van der Waals surface area contributed by atoms with Gasteiger partial charge in [0, 0.05) is 11.5 Å². The van der Waals surface area contributed by atoms with Crippen LogP contribution in [-0.4, -0.2) is 11.5 Å². The van der Waals surface area contributed by atoms with Crippen LogP contribution in [0.1, 0.15) is 71.3 Å². The molecule has 1 aromatic rings. The van der Waals surface area contributed by atoms with Crippen molar-refractivity contribution in [3.05, 3.63) is 35.9 Å². The first-order chi connectivity index (χ1) is 9.21. The predicted molar refractivity (Wildman–Crippen MR) is 89.1 cm³/mol. The molecule has 0 aliphatic carbocycles. The number of nitrogens with two attached hydrogens (primary N) is 1. The summed E-state index contributed by atoms with van der Waals surface area (Å²) in [5, 5.41) is 0. The van der Waals surface area contributed by atoms with Gasteiger partial charge in [0.25, 0.3) is 0 Å². The first-order valence-corrected chi connectivity index (χ1v) is 8.02. The molecule has 1 unspecified atom stereocenters. The third-order valence-electron chi connectivity index (χ3n) is 4.32. The summed E-state index contributed by atoms with van der Waals surface area (Å²) in [5.41, 5.74) is 8.27. The van der Waals surface area contributed by atoms with Crippen LogP contribution in [-0.2, 0) is 5.41 Å². The highest BCUT2D eigenvalue weighted by Gasteiger charge is 2.36. The molecule has 0 spiro atoms. The molecule has 0 fully saturated rings. The standard InChI is InChI=1S/C18H31N.H2O/c1-4-7-13-17(19)18(14-5-2,15-6-3)16-11-9-8-10-12-16;/h8-12,17H,4-7,13-15,19H2,1-3H3;1H2. The first-order valence-electron chi connectivity index (χ1n) is 8.02. The van der Waals surface area contributed by atoms with Crippen LogP contribution in [0.5, 0.6) is 0 Å². The molecule has 1 atom stereocenters. The summed E-state index contributed by atoms with van der Waals surface area (Å²) >= 11 is 0. The molecular weight excluding hydrogens is 246 g/mol. The largest absolute Gasteiger partial charge is 0.412 e. The Kier molecular flexibility index (Phi) is 9.52. The highest BCUT2D eigenvalue weighted by molar-refractivity contribution is 5.27. The summed E-state index contributed by atoms with van der Waals surface area (Å²) < 4.78 is 0. The molecular formula is C18H33NO. The summed E-state index contributed by atoms with van der Waals surface area (Å²) in [4.78, 5) is 0. The number of benzene rings is 1. The lowest BCUT2D eigenvalue weighted by molar-refractivity contribution is 0.274. The molecule has 1 rings (SSSR count). The minimum Gasteiger partial charge on any atom is -0.412 e. The van der Waals surface area contributed by atoms with Crippen LogP contribution >= 0.6 is 0 Å². The zero-order valence-corrected chi connectivity index (χ0v) is 13.5. The van der Waals surface area contributed by atoms with Gasteiger partial charge in [-0.1, -0.05) is 76.8 Å². The van der Waals surface area contributed by atoms with Gasteiger partial charge in [-0.2, -0.15) is 0 Å². The van der Waals surface area contributed by atoms with E-state index in [0.29, 0.717) is 0 Å². The molecule has 0 saturated carbocycles. The number of hydrogen-bond donors (Lipinski definition) is 1. The van der Waals surface area contributed by atoms with Crippen molar-refractivity contribution in [3.63, 3.8) is 0 Å². The zero-order valence-electron chi connectivity index (χ0n) is 13.5. The Bertz CT molecular complexity index is 331. The number of rotatable bonds is 9. The third-order valence-corrected chi connectivity index (χ3v) is 4.32. The van der Waals surface area contributed by atoms with Crippen LogP contribution in [0.2, 0.25) is 0 Å². The molecule has 4 N–H and O–H groups in total. The summed E-state index contributed by atoms with van der Waals surface area (Å²) in [7, 11) is 0. The molecule has 0 saturated heterocycles. The Balaban J connectivity index is 0.00000361. The maximum atomic E-state index is 6.64. The molecule has 0 bridgehead atoms. The average Bonchev–Trinajstić information content (AvgIpc) is 2.45. The van der Waals surface area contributed by atoms with Gasteiger partial charge in [-0.15, -0.1) is 0 Å². The molecule has 2 heteroatoms. The predicted octanol–water partition coefficient (Wildman–Crippen LogP) is 4.22. The smallest absolute Gasteiger partial charge is 0.0136 e. The van der Waals surface area contributed by atoms with E-state index in [0.717, 1.165) is 6.42 Å². The van der Waals surface area contributed by atoms with E-state index in [1.54, 1.807) is 0 Å². The Morgan fingerprint density at radius 3 is 1.95 bits per heavy atom. The Morgan fingerprint density at radius 2 is 1.50 bits per heavy atom. The summed E-state index contributed by atoms with van der Waals surface area (Å²) in [6.45, 7) is 6.80. The van der Waals surface area contributed by atoms with Gasteiger partial charge in [-0.05, 0) is 24.8 Å². The maximum absolute atomic E-state index is 6.64. The summed E-state index contributed by atoms with van der Waals surface area (Å²) in [6, 6.07) is 11.2. The molecule has 0 heterocycles. The first kappa shape index (κ1) is 19.1. The molecule has 0 radical (unpaired) electrons. The molecule has 0 aromatic heterocycles. The minimum absolute atomic E-state index is 0. The fourth-order valence-corrected chi connectivity index (χ4v) is 3.36. The maximum Gasteiger partial charge on any atom is 0.0136 e. The Labute approximate surface area is 125 Å². The zero-order chi connectivity index (χ0) is 14.1. The van der Waals surface area contributed by atoms with Crippen molar-refractivity contribution in [2.24, 2.45) is 5.73 Å². The van der Waals surface area contributed by atoms with E-state index in [1.807, 2.05) is 0 Å². The van der Waals surface area contributed by atoms with Crippen LogP contribution < -0.4 is 5.73 Å². The second-order valence-corrected chi connectivity index (χ2v) is 5.77. The van der Waals surface area contributed by atoms with Gasteiger partial charge in [-0.3, -0.25) is 0 Å². The summed E-state index contributed by atoms with van der Waals surface area (Å²) in [5.74, 6) is 0. The second kappa shape index (κ2) is 9.95. The molecule has 116 valence electrons. The molecule has 0 amide bonds. The molecule has 20 heavy (non-hydrogen) atoms.